The minimum Gasteiger partial charge on any atom is -0.379 e. The monoisotopic (exact) mass is 216 g/mol. The lowest BCUT2D eigenvalue weighted by molar-refractivity contribution is 0.100. The largest absolute Gasteiger partial charge is 0.379 e. The molecule has 0 fully saturated rings. The fraction of sp³-hybridized carbons (Fsp3) is 0.0909. The Morgan fingerprint density at radius 1 is 1.31 bits per heavy atom. The average Bonchev–Trinajstić information content (AvgIpc) is 2.80. The molecule has 2 aromatic rings. The van der Waals surface area contributed by atoms with Crippen molar-refractivity contribution in [1.82, 2.24) is 10.2 Å². The molecule has 0 aliphatic rings. The third kappa shape index (κ3) is 2.38. The van der Waals surface area contributed by atoms with Gasteiger partial charge in [0.25, 0.3) is 0 Å². The van der Waals surface area contributed by atoms with Crippen molar-refractivity contribution in [3.8, 4) is 0 Å². The lowest BCUT2D eigenvalue weighted by Gasteiger charge is -2.04. The molecule has 1 aromatic heterocycles. The maximum Gasteiger partial charge on any atom is 0.248 e. The second-order valence-electron chi connectivity index (χ2n) is 3.38. The second kappa shape index (κ2) is 4.48. The highest BCUT2D eigenvalue weighted by atomic mass is 16.1. The molecule has 5 nitrogen and oxygen atoms in total. The van der Waals surface area contributed by atoms with Crippen molar-refractivity contribution in [2.45, 2.75) is 6.54 Å². The van der Waals surface area contributed by atoms with Crippen LogP contribution in [0.2, 0.25) is 0 Å². The van der Waals surface area contributed by atoms with Gasteiger partial charge in [-0.3, -0.25) is 9.89 Å². The van der Waals surface area contributed by atoms with E-state index in [1.54, 1.807) is 18.3 Å². The molecule has 2 rings (SSSR count). The molecular formula is C11H12N4O. The summed E-state index contributed by atoms with van der Waals surface area (Å²) in [6.45, 7) is 0.663. The number of rotatable bonds is 4. The van der Waals surface area contributed by atoms with Gasteiger partial charge in [0.1, 0.15) is 0 Å². The Labute approximate surface area is 92.7 Å². The van der Waals surface area contributed by atoms with Crippen LogP contribution in [0.3, 0.4) is 0 Å². The van der Waals surface area contributed by atoms with E-state index >= 15 is 0 Å². The minimum absolute atomic E-state index is 0.417. The predicted molar refractivity (Wildman–Crippen MR) is 60.9 cm³/mol. The van der Waals surface area contributed by atoms with Gasteiger partial charge >= 0.3 is 0 Å². The van der Waals surface area contributed by atoms with E-state index in [1.165, 1.54) is 0 Å². The number of primary amides is 1. The first-order valence-electron chi connectivity index (χ1n) is 4.88. The van der Waals surface area contributed by atoms with E-state index in [4.69, 9.17) is 5.73 Å². The first-order chi connectivity index (χ1) is 7.75. The van der Waals surface area contributed by atoms with E-state index in [0.717, 1.165) is 11.4 Å². The summed E-state index contributed by atoms with van der Waals surface area (Å²) < 4.78 is 0. The quantitative estimate of drug-likeness (QED) is 0.716. The van der Waals surface area contributed by atoms with Gasteiger partial charge in [0, 0.05) is 17.4 Å². The van der Waals surface area contributed by atoms with Crippen LogP contribution in [0.4, 0.5) is 5.69 Å². The van der Waals surface area contributed by atoms with Gasteiger partial charge in [-0.05, 0) is 30.3 Å². The van der Waals surface area contributed by atoms with E-state index in [-0.39, 0.29) is 0 Å². The highest BCUT2D eigenvalue weighted by molar-refractivity contribution is 5.93. The molecule has 0 spiro atoms. The van der Waals surface area contributed by atoms with Crippen molar-refractivity contribution < 1.29 is 4.79 Å². The molecule has 0 saturated carbocycles. The van der Waals surface area contributed by atoms with E-state index < -0.39 is 5.91 Å². The Balaban J connectivity index is 1.98. The van der Waals surface area contributed by atoms with Crippen LogP contribution in [-0.4, -0.2) is 16.1 Å². The summed E-state index contributed by atoms with van der Waals surface area (Å²) in [5.41, 5.74) is 7.58. The first-order valence-corrected chi connectivity index (χ1v) is 4.88. The van der Waals surface area contributed by atoms with Crippen molar-refractivity contribution in [1.29, 1.82) is 0 Å². The SMILES string of the molecule is NC(=O)c1ccc(NCc2ccn[nH]2)cc1. The molecular weight excluding hydrogens is 204 g/mol. The summed E-state index contributed by atoms with van der Waals surface area (Å²) in [5.74, 6) is -0.417. The van der Waals surface area contributed by atoms with Gasteiger partial charge < -0.3 is 11.1 Å². The third-order valence-electron chi connectivity index (χ3n) is 2.21. The Hall–Kier alpha value is -2.30. The van der Waals surface area contributed by atoms with Gasteiger partial charge in [-0.2, -0.15) is 5.10 Å². The van der Waals surface area contributed by atoms with Crippen molar-refractivity contribution in [2.24, 2.45) is 5.73 Å². The van der Waals surface area contributed by atoms with Crippen LogP contribution in [0.5, 0.6) is 0 Å². The van der Waals surface area contributed by atoms with Crippen LogP contribution < -0.4 is 11.1 Å². The van der Waals surface area contributed by atoms with Gasteiger partial charge in [-0.15, -0.1) is 0 Å². The molecule has 0 aliphatic heterocycles. The number of carbonyl (C=O) groups excluding carboxylic acids is 1. The highest BCUT2D eigenvalue weighted by Gasteiger charge is 1.99. The van der Waals surface area contributed by atoms with Crippen molar-refractivity contribution >= 4 is 11.6 Å². The number of hydrogen-bond acceptors (Lipinski definition) is 3. The number of amides is 1. The third-order valence-corrected chi connectivity index (χ3v) is 2.21. The normalized spacial score (nSPS) is 10.0. The standard InChI is InChI=1S/C11H12N4O/c12-11(16)8-1-3-9(4-2-8)13-7-10-5-6-14-15-10/h1-6,13H,7H2,(H2,12,16)(H,14,15). The number of anilines is 1. The highest BCUT2D eigenvalue weighted by Crippen LogP contribution is 2.10. The van der Waals surface area contributed by atoms with Crippen LogP contribution in [0.15, 0.2) is 36.5 Å². The predicted octanol–water partition coefficient (Wildman–Crippen LogP) is 1.12. The van der Waals surface area contributed by atoms with Crippen molar-refractivity contribution in [2.75, 3.05) is 5.32 Å². The molecule has 82 valence electrons. The van der Waals surface area contributed by atoms with Crippen LogP contribution in [-0.2, 0) is 6.54 Å². The fourth-order valence-electron chi connectivity index (χ4n) is 1.33. The number of aromatic amines is 1. The smallest absolute Gasteiger partial charge is 0.248 e. The Bertz CT molecular complexity index is 461. The molecule has 1 aromatic carbocycles. The molecule has 1 heterocycles. The molecule has 5 heteroatoms. The van der Waals surface area contributed by atoms with E-state index in [1.807, 2.05) is 18.2 Å². The Morgan fingerprint density at radius 3 is 2.62 bits per heavy atom. The molecule has 0 radical (unpaired) electrons. The molecule has 4 N–H and O–H groups in total. The van der Waals surface area contributed by atoms with Gasteiger partial charge in [0.2, 0.25) is 5.91 Å². The number of hydrogen-bond donors (Lipinski definition) is 3. The Morgan fingerprint density at radius 2 is 2.06 bits per heavy atom. The molecule has 0 bridgehead atoms. The summed E-state index contributed by atoms with van der Waals surface area (Å²) in [6.07, 6.45) is 1.70. The molecule has 1 amide bonds. The topological polar surface area (TPSA) is 83.8 Å². The molecule has 16 heavy (non-hydrogen) atoms. The van der Waals surface area contributed by atoms with Crippen LogP contribution >= 0.6 is 0 Å². The maximum absolute atomic E-state index is 10.8. The zero-order chi connectivity index (χ0) is 11.4. The molecule has 0 aliphatic carbocycles. The number of H-pyrrole nitrogens is 1. The Kier molecular flexibility index (Phi) is 2.86. The molecule has 0 unspecified atom stereocenters. The first kappa shape index (κ1) is 10.2. The van der Waals surface area contributed by atoms with Gasteiger partial charge in [0.05, 0.1) is 12.2 Å². The van der Waals surface area contributed by atoms with Gasteiger partial charge in [-0.25, -0.2) is 0 Å². The lowest BCUT2D eigenvalue weighted by Crippen LogP contribution is -2.10. The zero-order valence-corrected chi connectivity index (χ0v) is 8.60. The van der Waals surface area contributed by atoms with Gasteiger partial charge in [-0.1, -0.05) is 0 Å². The number of nitrogens with one attached hydrogen (secondary N) is 2. The van der Waals surface area contributed by atoms with E-state index in [2.05, 4.69) is 15.5 Å². The van der Waals surface area contributed by atoms with Crippen LogP contribution in [0.1, 0.15) is 16.1 Å². The summed E-state index contributed by atoms with van der Waals surface area (Å²) in [7, 11) is 0. The molecule has 0 saturated heterocycles. The zero-order valence-electron chi connectivity index (χ0n) is 8.60. The minimum atomic E-state index is -0.417. The summed E-state index contributed by atoms with van der Waals surface area (Å²) >= 11 is 0. The number of nitrogens with two attached hydrogens (primary N) is 1. The van der Waals surface area contributed by atoms with Crippen molar-refractivity contribution in [3.05, 3.63) is 47.8 Å². The summed E-state index contributed by atoms with van der Waals surface area (Å²) in [6, 6.07) is 8.91. The summed E-state index contributed by atoms with van der Waals surface area (Å²) in [4.78, 5) is 10.8. The van der Waals surface area contributed by atoms with Crippen molar-refractivity contribution in [3.63, 3.8) is 0 Å². The average molecular weight is 216 g/mol. The second-order valence-corrected chi connectivity index (χ2v) is 3.38. The maximum atomic E-state index is 10.8. The number of aromatic nitrogens is 2. The fourth-order valence-corrected chi connectivity index (χ4v) is 1.33. The molecule has 0 atom stereocenters. The summed E-state index contributed by atoms with van der Waals surface area (Å²) in [5, 5.41) is 9.89. The van der Waals surface area contributed by atoms with E-state index in [9.17, 15) is 4.79 Å². The van der Waals surface area contributed by atoms with Gasteiger partial charge in [0.15, 0.2) is 0 Å². The van der Waals surface area contributed by atoms with Crippen LogP contribution in [0, 0.1) is 0 Å². The van der Waals surface area contributed by atoms with Crippen LogP contribution in [0.25, 0.3) is 0 Å². The number of nitrogens with zero attached hydrogens (tertiary/aromatic N) is 1. The number of benzene rings is 1. The lowest BCUT2D eigenvalue weighted by atomic mass is 10.2. The number of carbonyl (C=O) groups is 1. The van der Waals surface area contributed by atoms with E-state index in [0.29, 0.717) is 12.1 Å².